The summed E-state index contributed by atoms with van der Waals surface area (Å²) in [5, 5.41) is 8.40. The molecule has 0 saturated heterocycles. The fourth-order valence-corrected chi connectivity index (χ4v) is 3.93. The SMILES string of the molecule is C=CCN(C(=O)c1csnn1)[C@H](C(=O)NCCc1ccccc1)c1cccc(OC)c1OC. The summed E-state index contributed by atoms with van der Waals surface area (Å²) in [6.45, 7) is 4.28. The van der Waals surface area contributed by atoms with Gasteiger partial charge in [-0.05, 0) is 29.6 Å². The van der Waals surface area contributed by atoms with E-state index in [1.165, 1.54) is 19.1 Å². The second-order valence-electron chi connectivity index (χ2n) is 7.05. The minimum absolute atomic E-state index is 0.119. The third-order valence-corrected chi connectivity index (χ3v) is 5.51. The lowest BCUT2D eigenvalue weighted by Crippen LogP contribution is -2.44. The average molecular weight is 467 g/mol. The monoisotopic (exact) mass is 466 g/mol. The van der Waals surface area contributed by atoms with Crippen LogP contribution in [0.15, 0.2) is 66.6 Å². The topological polar surface area (TPSA) is 93.7 Å². The third-order valence-electron chi connectivity index (χ3n) is 5.01. The Morgan fingerprint density at radius 2 is 1.94 bits per heavy atom. The number of hydrogen-bond donors (Lipinski definition) is 1. The Hall–Kier alpha value is -3.72. The van der Waals surface area contributed by atoms with Crippen molar-refractivity contribution >= 4 is 23.3 Å². The Bertz CT molecular complexity index is 1070. The molecule has 1 atom stereocenters. The molecule has 1 aromatic heterocycles. The molecule has 3 rings (SSSR count). The Morgan fingerprint density at radius 1 is 1.15 bits per heavy atom. The molecular formula is C24H26N4O4S. The van der Waals surface area contributed by atoms with Crippen molar-refractivity contribution in [2.45, 2.75) is 12.5 Å². The molecule has 2 amide bonds. The van der Waals surface area contributed by atoms with Gasteiger partial charge in [0.2, 0.25) is 5.91 Å². The molecule has 8 nitrogen and oxygen atoms in total. The van der Waals surface area contributed by atoms with Crippen molar-refractivity contribution < 1.29 is 19.1 Å². The van der Waals surface area contributed by atoms with Gasteiger partial charge in [0.15, 0.2) is 17.2 Å². The number of carbonyl (C=O) groups excluding carboxylic acids is 2. The highest BCUT2D eigenvalue weighted by Gasteiger charge is 2.35. The molecule has 0 bridgehead atoms. The van der Waals surface area contributed by atoms with Gasteiger partial charge in [-0.2, -0.15) is 0 Å². The second kappa shape index (κ2) is 11.8. The lowest BCUT2D eigenvalue weighted by atomic mass is 10.0. The van der Waals surface area contributed by atoms with Crippen LogP contribution < -0.4 is 14.8 Å². The summed E-state index contributed by atoms with van der Waals surface area (Å²) in [7, 11) is 3.01. The maximum atomic E-state index is 13.5. The number of carbonyl (C=O) groups is 2. The molecule has 1 N–H and O–H groups in total. The smallest absolute Gasteiger partial charge is 0.276 e. The van der Waals surface area contributed by atoms with Gasteiger partial charge in [-0.1, -0.05) is 53.0 Å². The maximum Gasteiger partial charge on any atom is 0.276 e. The minimum Gasteiger partial charge on any atom is -0.493 e. The van der Waals surface area contributed by atoms with E-state index in [4.69, 9.17) is 9.47 Å². The van der Waals surface area contributed by atoms with Crippen molar-refractivity contribution in [1.29, 1.82) is 0 Å². The number of methoxy groups -OCH3 is 2. The zero-order valence-electron chi connectivity index (χ0n) is 18.6. The van der Waals surface area contributed by atoms with Gasteiger partial charge in [-0.25, -0.2) is 0 Å². The van der Waals surface area contributed by atoms with Crippen LogP contribution in [0.4, 0.5) is 0 Å². The van der Waals surface area contributed by atoms with E-state index in [1.54, 1.807) is 29.7 Å². The van der Waals surface area contributed by atoms with Gasteiger partial charge in [-0.3, -0.25) is 9.59 Å². The molecule has 0 radical (unpaired) electrons. The van der Waals surface area contributed by atoms with Gasteiger partial charge >= 0.3 is 0 Å². The van der Waals surface area contributed by atoms with Crippen molar-refractivity contribution in [2.24, 2.45) is 0 Å². The minimum atomic E-state index is -1.00. The van der Waals surface area contributed by atoms with Crippen molar-refractivity contribution in [3.05, 3.63) is 83.4 Å². The van der Waals surface area contributed by atoms with Gasteiger partial charge < -0.3 is 19.7 Å². The zero-order valence-corrected chi connectivity index (χ0v) is 19.4. The predicted molar refractivity (Wildman–Crippen MR) is 127 cm³/mol. The maximum absolute atomic E-state index is 13.5. The first-order chi connectivity index (χ1) is 16.1. The molecule has 1 heterocycles. The van der Waals surface area contributed by atoms with Gasteiger partial charge in [0.25, 0.3) is 5.91 Å². The number of benzene rings is 2. The molecule has 0 saturated carbocycles. The number of hydrogen-bond acceptors (Lipinski definition) is 7. The highest BCUT2D eigenvalue weighted by Crippen LogP contribution is 2.37. The standard InChI is InChI=1S/C24H26N4O4S/c1-4-15-28(24(30)19-16-33-27-26-19)21(18-11-8-12-20(31-2)22(18)32-3)23(29)25-14-13-17-9-6-5-7-10-17/h4-12,16,21H,1,13-15H2,2-3H3,(H,25,29)/t21-/m0/s1. The number of aromatic nitrogens is 2. The molecule has 3 aromatic rings. The summed E-state index contributed by atoms with van der Waals surface area (Å²) in [6, 6.07) is 14.1. The number of rotatable bonds is 11. The predicted octanol–water partition coefficient (Wildman–Crippen LogP) is 3.28. The van der Waals surface area contributed by atoms with Crippen LogP contribution in [0.5, 0.6) is 11.5 Å². The van der Waals surface area contributed by atoms with E-state index in [0.29, 0.717) is 30.0 Å². The average Bonchev–Trinajstić information content (AvgIpc) is 3.39. The van der Waals surface area contributed by atoms with Crippen molar-refractivity contribution in [2.75, 3.05) is 27.3 Å². The van der Waals surface area contributed by atoms with Crippen LogP contribution in [0.3, 0.4) is 0 Å². The Labute approximate surface area is 197 Å². The van der Waals surface area contributed by atoms with E-state index in [1.807, 2.05) is 30.3 Å². The lowest BCUT2D eigenvalue weighted by molar-refractivity contribution is -0.125. The fourth-order valence-electron chi connectivity index (χ4n) is 3.50. The number of ether oxygens (including phenoxy) is 2. The molecule has 2 aromatic carbocycles. The summed E-state index contributed by atoms with van der Waals surface area (Å²) in [6.07, 6.45) is 2.22. The molecule has 33 heavy (non-hydrogen) atoms. The molecule has 172 valence electrons. The van der Waals surface area contributed by atoms with Crippen LogP contribution >= 0.6 is 11.5 Å². The van der Waals surface area contributed by atoms with Gasteiger partial charge in [0, 0.05) is 24.0 Å². The molecular weight excluding hydrogens is 440 g/mol. The highest BCUT2D eigenvalue weighted by atomic mass is 32.1. The van der Waals surface area contributed by atoms with E-state index in [0.717, 1.165) is 17.1 Å². The van der Waals surface area contributed by atoms with Gasteiger partial charge in [-0.15, -0.1) is 11.7 Å². The van der Waals surface area contributed by atoms with Crippen molar-refractivity contribution in [3.63, 3.8) is 0 Å². The Balaban J connectivity index is 1.97. The molecule has 9 heteroatoms. The van der Waals surface area contributed by atoms with Crippen LogP contribution in [0, 0.1) is 0 Å². The number of amides is 2. The highest BCUT2D eigenvalue weighted by molar-refractivity contribution is 7.03. The number of nitrogens with one attached hydrogen (secondary N) is 1. The van der Waals surface area contributed by atoms with E-state index in [2.05, 4.69) is 21.5 Å². The lowest BCUT2D eigenvalue weighted by Gasteiger charge is -2.31. The summed E-state index contributed by atoms with van der Waals surface area (Å²) < 4.78 is 14.8. The van der Waals surface area contributed by atoms with Crippen LogP contribution in [-0.2, 0) is 11.2 Å². The molecule has 0 fully saturated rings. The van der Waals surface area contributed by atoms with E-state index in [9.17, 15) is 9.59 Å². The van der Waals surface area contributed by atoms with Crippen LogP contribution in [0.25, 0.3) is 0 Å². The first-order valence-corrected chi connectivity index (χ1v) is 11.2. The first-order valence-electron chi connectivity index (χ1n) is 10.3. The number of nitrogens with zero attached hydrogens (tertiary/aromatic N) is 3. The van der Waals surface area contributed by atoms with Gasteiger partial charge in [0.05, 0.1) is 14.2 Å². The largest absolute Gasteiger partial charge is 0.493 e. The van der Waals surface area contributed by atoms with Crippen LogP contribution in [0.2, 0.25) is 0 Å². The summed E-state index contributed by atoms with van der Waals surface area (Å²) in [5.41, 5.74) is 1.75. The summed E-state index contributed by atoms with van der Waals surface area (Å²) >= 11 is 1.06. The van der Waals surface area contributed by atoms with E-state index in [-0.39, 0.29) is 18.1 Å². The Morgan fingerprint density at radius 3 is 2.58 bits per heavy atom. The molecule has 0 aliphatic heterocycles. The van der Waals surface area contributed by atoms with Crippen LogP contribution in [-0.4, -0.2) is 53.6 Å². The van der Waals surface area contributed by atoms with Gasteiger partial charge in [0.1, 0.15) is 6.04 Å². The van der Waals surface area contributed by atoms with Crippen molar-refractivity contribution in [1.82, 2.24) is 19.8 Å². The Kier molecular flexibility index (Phi) is 8.54. The number of para-hydroxylation sites is 1. The third kappa shape index (κ3) is 5.75. The zero-order chi connectivity index (χ0) is 23.6. The fraction of sp³-hybridized carbons (Fsp3) is 0.250. The normalized spacial score (nSPS) is 11.3. The first kappa shape index (κ1) is 23.9. The molecule has 0 aliphatic rings. The van der Waals surface area contributed by atoms with Crippen molar-refractivity contribution in [3.8, 4) is 11.5 Å². The van der Waals surface area contributed by atoms with E-state index < -0.39 is 11.9 Å². The van der Waals surface area contributed by atoms with Crippen LogP contribution in [0.1, 0.15) is 27.7 Å². The summed E-state index contributed by atoms with van der Waals surface area (Å²) in [4.78, 5) is 28.2. The molecule has 0 aliphatic carbocycles. The second-order valence-corrected chi connectivity index (χ2v) is 7.66. The summed E-state index contributed by atoms with van der Waals surface area (Å²) in [5.74, 6) is 0.0486. The molecule has 0 spiro atoms. The van der Waals surface area contributed by atoms with E-state index >= 15 is 0 Å². The quantitative estimate of drug-likeness (QED) is 0.436. The molecule has 0 unspecified atom stereocenters.